The van der Waals surface area contributed by atoms with Crippen molar-refractivity contribution in [2.24, 2.45) is 5.92 Å². The molecule has 0 radical (unpaired) electrons. The number of rotatable bonds is 3. The van der Waals surface area contributed by atoms with Crippen LogP contribution in [0, 0.1) is 5.92 Å². The highest BCUT2D eigenvalue weighted by Crippen LogP contribution is 2.31. The molecule has 4 rings (SSSR count). The van der Waals surface area contributed by atoms with Crippen molar-refractivity contribution in [3.63, 3.8) is 0 Å². The fourth-order valence-electron chi connectivity index (χ4n) is 4.90. The molecule has 0 aromatic carbocycles. The monoisotopic (exact) mass is 401 g/mol. The summed E-state index contributed by atoms with van der Waals surface area (Å²) in [6.45, 7) is 3.49. The summed E-state index contributed by atoms with van der Waals surface area (Å²) < 4.78 is 0. The molecule has 29 heavy (non-hydrogen) atoms. The molecule has 0 unspecified atom stereocenters. The lowest BCUT2D eigenvalue weighted by molar-refractivity contribution is -0.136. The first-order valence-corrected chi connectivity index (χ1v) is 10.9. The predicted molar refractivity (Wildman–Crippen MR) is 107 cm³/mol. The second kappa shape index (κ2) is 8.55. The first kappa shape index (κ1) is 19.9. The van der Waals surface area contributed by atoms with E-state index in [1.807, 2.05) is 9.80 Å². The van der Waals surface area contributed by atoms with E-state index in [1.54, 1.807) is 18.1 Å². The Morgan fingerprint density at radius 2 is 1.72 bits per heavy atom. The smallest absolute Gasteiger partial charge is 0.257 e. The molecule has 1 aromatic rings. The van der Waals surface area contributed by atoms with Crippen molar-refractivity contribution in [3.05, 3.63) is 17.5 Å². The summed E-state index contributed by atoms with van der Waals surface area (Å²) in [6, 6.07) is 0. The van der Waals surface area contributed by atoms with Crippen LogP contribution in [0.15, 0.2) is 6.20 Å². The highest BCUT2D eigenvalue weighted by atomic mass is 16.2. The molecule has 4 heterocycles. The van der Waals surface area contributed by atoms with Crippen LogP contribution in [0.25, 0.3) is 0 Å². The van der Waals surface area contributed by atoms with Gasteiger partial charge in [0.1, 0.15) is 0 Å². The van der Waals surface area contributed by atoms with Crippen LogP contribution in [-0.2, 0) is 9.59 Å². The maximum atomic E-state index is 13.0. The summed E-state index contributed by atoms with van der Waals surface area (Å²) in [5, 5.41) is 7.24. The molecule has 1 N–H and O–H groups in total. The van der Waals surface area contributed by atoms with Gasteiger partial charge in [-0.3, -0.25) is 19.5 Å². The molecular formula is C21H31N5O3. The van der Waals surface area contributed by atoms with Gasteiger partial charge in [0.15, 0.2) is 0 Å². The first-order chi connectivity index (χ1) is 14.0. The number of carbonyl (C=O) groups excluding carboxylic acids is 3. The lowest BCUT2D eigenvalue weighted by atomic mass is 9.90. The van der Waals surface area contributed by atoms with Crippen molar-refractivity contribution in [2.45, 2.75) is 50.9 Å². The highest BCUT2D eigenvalue weighted by Gasteiger charge is 2.36. The number of nitrogens with zero attached hydrogens (tertiary/aromatic N) is 4. The maximum absolute atomic E-state index is 13.0. The van der Waals surface area contributed by atoms with Gasteiger partial charge in [0.25, 0.3) is 5.91 Å². The van der Waals surface area contributed by atoms with Crippen molar-refractivity contribution < 1.29 is 14.4 Å². The number of aromatic nitrogens is 2. The normalized spacial score (nSPS) is 24.1. The minimum atomic E-state index is -0.212. The highest BCUT2D eigenvalue weighted by molar-refractivity contribution is 5.95. The van der Waals surface area contributed by atoms with E-state index >= 15 is 0 Å². The van der Waals surface area contributed by atoms with E-state index in [9.17, 15) is 14.4 Å². The summed E-state index contributed by atoms with van der Waals surface area (Å²) in [5.74, 6) is 0.220. The van der Waals surface area contributed by atoms with Crippen LogP contribution in [0.1, 0.15) is 66.9 Å². The summed E-state index contributed by atoms with van der Waals surface area (Å²) in [7, 11) is 1.75. The van der Waals surface area contributed by atoms with Crippen molar-refractivity contribution in [2.75, 3.05) is 39.8 Å². The second-order valence-corrected chi connectivity index (χ2v) is 8.68. The molecule has 0 spiro atoms. The Morgan fingerprint density at radius 1 is 1.03 bits per heavy atom. The Kier molecular flexibility index (Phi) is 5.87. The van der Waals surface area contributed by atoms with E-state index < -0.39 is 0 Å². The molecule has 3 aliphatic heterocycles. The summed E-state index contributed by atoms with van der Waals surface area (Å²) >= 11 is 0. The molecule has 3 fully saturated rings. The van der Waals surface area contributed by atoms with Gasteiger partial charge in [0, 0.05) is 52.1 Å². The van der Waals surface area contributed by atoms with E-state index in [4.69, 9.17) is 0 Å². The number of hydrogen-bond donors (Lipinski definition) is 1. The molecule has 1 aromatic heterocycles. The topological polar surface area (TPSA) is 89.6 Å². The number of carbonyl (C=O) groups is 3. The Bertz CT molecular complexity index is 760. The van der Waals surface area contributed by atoms with Gasteiger partial charge in [0.05, 0.1) is 23.4 Å². The fraction of sp³-hybridized carbons (Fsp3) is 0.714. The SMILES string of the molecule is CN1C[C@H](C(=O)N2CCC(c3[nH]ncc3C(=O)N3CCCCCC3)CC2)CC1=O. The molecule has 8 heteroatoms. The Hall–Kier alpha value is -2.38. The fourth-order valence-corrected chi connectivity index (χ4v) is 4.90. The molecular weight excluding hydrogens is 370 g/mol. The number of nitrogens with one attached hydrogen (secondary N) is 1. The van der Waals surface area contributed by atoms with Crippen molar-refractivity contribution in [3.8, 4) is 0 Å². The van der Waals surface area contributed by atoms with Crippen molar-refractivity contribution in [1.29, 1.82) is 0 Å². The lowest BCUT2D eigenvalue weighted by Gasteiger charge is -2.33. The van der Waals surface area contributed by atoms with Crippen LogP contribution >= 0.6 is 0 Å². The van der Waals surface area contributed by atoms with Crippen LogP contribution in [0.5, 0.6) is 0 Å². The van der Waals surface area contributed by atoms with Gasteiger partial charge >= 0.3 is 0 Å². The third-order valence-corrected chi connectivity index (χ3v) is 6.70. The quantitative estimate of drug-likeness (QED) is 0.833. The number of amides is 3. The number of piperidine rings is 1. The van der Waals surface area contributed by atoms with Crippen LogP contribution < -0.4 is 0 Å². The lowest BCUT2D eigenvalue weighted by Crippen LogP contribution is -2.42. The average molecular weight is 402 g/mol. The molecule has 0 bridgehead atoms. The largest absolute Gasteiger partial charge is 0.345 e. The maximum Gasteiger partial charge on any atom is 0.257 e. The van der Waals surface area contributed by atoms with E-state index in [0.29, 0.717) is 31.6 Å². The number of H-pyrrole nitrogens is 1. The minimum absolute atomic E-state index is 0.0485. The van der Waals surface area contributed by atoms with E-state index in [2.05, 4.69) is 10.2 Å². The second-order valence-electron chi connectivity index (χ2n) is 8.68. The van der Waals surface area contributed by atoms with Crippen LogP contribution in [0.2, 0.25) is 0 Å². The molecule has 158 valence electrons. The van der Waals surface area contributed by atoms with Gasteiger partial charge in [0.2, 0.25) is 11.8 Å². The van der Waals surface area contributed by atoms with Gasteiger partial charge in [-0.1, -0.05) is 12.8 Å². The van der Waals surface area contributed by atoms with Gasteiger partial charge < -0.3 is 14.7 Å². The predicted octanol–water partition coefficient (Wildman–Crippen LogP) is 1.61. The summed E-state index contributed by atoms with van der Waals surface area (Å²) in [5.41, 5.74) is 1.61. The van der Waals surface area contributed by atoms with Gasteiger partial charge in [-0.05, 0) is 25.7 Å². The summed E-state index contributed by atoms with van der Waals surface area (Å²) in [6.07, 6.45) is 8.13. The van der Waals surface area contributed by atoms with E-state index in [1.165, 1.54) is 12.8 Å². The summed E-state index contributed by atoms with van der Waals surface area (Å²) in [4.78, 5) is 43.1. The van der Waals surface area contributed by atoms with Crippen molar-refractivity contribution in [1.82, 2.24) is 24.9 Å². The third-order valence-electron chi connectivity index (χ3n) is 6.70. The first-order valence-electron chi connectivity index (χ1n) is 10.9. The Morgan fingerprint density at radius 3 is 2.34 bits per heavy atom. The van der Waals surface area contributed by atoms with Crippen LogP contribution in [0.4, 0.5) is 0 Å². The molecule has 1 atom stereocenters. The van der Waals surface area contributed by atoms with E-state index in [0.717, 1.165) is 44.5 Å². The van der Waals surface area contributed by atoms with E-state index in [-0.39, 0.29) is 29.6 Å². The zero-order valence-corrected chi connectivity index (χ0v) is 17.2. The number of aromatic amines is 1. The zero-order chi connectivity index (χ0) is 20.4. The molecule has 3 aliphatic rings. The van der Waals surface area contributed by atoms with Crippen LogP contribution in [-0.4, -0.2) is 82.4 Å². The third kappa shape index (κ3) is 4.16. The molecule has 8 nitrogen and oxygen atoms in total. The van der Waals surface area contributed by atoms with Gasteiger partial charge in [-0.2, -0.15) is 5.10 Å². The molecule has 0 aliphatic carbocycles. The zero-order valence-electron chi connectivity index (χ0n) is 17.2. The van der Waals surface area contributed by atoms with Crippen LogP contribution in [0.3, 0.4) is 0 Å². The van der Waals surface area contributed by atoms with Gasteiger partial charge in [-0.25, -0.2) is 0 Å². The Labute approximate surface area is 171 Å². The molecule has 3 saturated heterocycles. The number of likely N-dealkylation sites (tertiary alicyclic amines) is 3. The minimum Gasteiger partial charge on any atom is -0.345 e. The average Bonchev–Trinajstić information content (AvgIpc) is 3.24. The Balaban J connectivity index is 1.37. The van der Waals surface area contributed by atoms with Crippen molar-refractivity contribution >= 4 is 17.7 Å². The standard InChI is InChI=1S/C21H31N5O3/c1-24-14-16(12-18(24)27)20(28)26-10-6-15(7-11-26)19-17(13-22-23-19)21(29)25-8-4-2-3-5-9-25/h13,15-16H,2-12,14H2,1H3,(H,22,23)/t16-/m1/s1. The molecule has 0 saturated carbocycles. The molecule has 3 amide bonds. The van der Waals surface area contributed by atoms with Gasteiger partial charge in [-0.15, -0.1) is 0 Å². The number of hydrogen-bond acceptors (Lipinski definition) is 4.